The number of sulfonamides is 1. The zero-order valence-corrected chi connectivity index (χ0v) is 23.4. The van der Waals surface area contributed by atoms with Crippen molar-refractivity contribution in [3.63, 3.8) is 0 Å². The Morgan fingerprint density at radius 2 is 1.83 bits per heavy atom. The first-order chi connectivity index (χ1) is 19.6. The minimum Gasteiger partial charge on any atom is -0.350 e. The summed E-state index contributed by atoms with van der Waals surface area (Å²) in [5.74, 6) is -1.38. The molecule has 0 amide bonds. The zero-order chi connectivity index (χ0) is 29.1. The van der Waals surface area contributed by atoms with E-state index in [9.17, 15) is 17.2 Å². The summed E-state index contributed by atoms with van der Waals surface area (Å²) in [6, 6.07) is 14.5. The highest BCUT2D eigenvalue weighted by molar-refractivity contribution is 7.91. The van der Waals surface area contributed by atoms with Crippen LogP contribution in [0.2, 0.25) is 0 Å². The molecular formula is C29H31F3N6O2S. The highest BCUT2D eigenvalue weighted by Gasteiger charge is 2.28. The Morgan fingerprint density at radius 1 is 1.05 bits per heavy atom. The average Bonchev–Trinajstić information content (AvgIpc) is 2.94. The van der Waals surface area contributed by atoms with Crippen LogP contribution in [0, 0.1) is 11.7 Å². The molecule has 0 spiro atoms. The lowest BCUT2D eigenvalue weighted by Crippen LogP contribution is -2.45. The summed E-state index contributed by atoms with van der Waals surface area (Å²) in [5.41, 5.74) is 3.35. The molecule has 1 saturated heterocycles. The van der Waals surface area contributed by atoms with Gasteiger partial charge in [-0.2, -0.15) is 0 Å². The van der Waals surface area contributed by atoms with Gasteiger partial charge in [-0.25, -0.2) is 36.5 Å². The number of fused-ring (bicyclic) bond motifs is 1. The third-order valence-corrected chi connectivity index (χ3v) is 8.25. The first-order valence-corrected chi connectivity index (χ1v) is 15.0. The van der Waals surface area contributed by atoms with E-state index in [0.29, 0.717) is 46.8 Å². The summed E-state index contributed by atoms with van der Waals surface area (Å²) in [6.45, 7) is 4.80. The zero-order valence-electron chi connectivity index (χ0n) is 22.6. The fourth-order valence-electron chi connectivity index (χ4n) is 4.92. The lowest BCUT2D eigenvalue weighted by molar-refractivity contribution is 0.0606. The molecule has 12 heteroatoms. The van der Waals surface area contributed by atoms with Crippen LogP contribution in [0.5, 0.6) is 0 Å². The monoisotopic (exact) mass is 584 g/mol. The second kappa shape index (κ2) is 12.0. The van der Waals surface area contributed by atoms with Gasteiger partial charge in [0.1, 0.15) is 11.3 Å². The van der Waals surface area contributed by atoms with E-state index in [4.69, 9.17) is 0 Å². The lowest BCUT2D eigenvalue weighted by atomic mass is 9.96. The van der Waals surface area contributed by atoms with Crippen molar-refractivity contribution in [2.75, 3.05) is 23.1 Å². The number of nitrogens with one attached hydrogen (secondary N) is 3. The Kier molecular flexibility index (Phi) is 8.41. The molecule has 3 N–H and O–H groups in total. The van der Waals surface area contributed by atoms with Crippen LogP contribution in [0.15, 0.2) is 60.8 Å². The normalized spacial score (nSPS) is 17.7. The molecule has 5 rings (SSSR count). The molecule has 8 nitrogen and oxygen atoms in total. The number of halogens is 3. The van der Waals surface area contributed by atoms with Crippen molar-refractivity contribution in [2.45, 2.75) is 44.4 Å². The Labute approximate surface area is 236 Å². The Bertz CT molecular complexity index is 1640. The molecule has 4 aromatic rings. The van der Waals surface area contributed by atoms with Gasteiger partial charge in [0.25, 0.3) is 0 Å². The van der Waals surface area contributed by atoms with Gasteiger partial charge in [-0.3, -0.25) is 4.72 Å². The van der Waals surface area contributed by atoms with Crippen LogP contribution >= 0.6 is 0 Å². The van der Waals surface area contributed by atoms with Crippen LogP contribution in [0.1, 0.15) is 37.3 Å². The Hall–Kier alpha value is -3.77. The number of hydrogen-bond donors (Lipinski definition) is 3. The van der Waals surface area contributed by atoms with Crippen molar-refractivity contribution in [2.24, 2.45) is 5.92 Å². The molecule has 0 aliphatic carbocycles. The van der Waals surface area contributed by atoms with Crippen molar-refractivity contribution in [1.29, 1.82) is 0 Å². The summed E-state index contributed by atoms with van der Waals surface area (Å²) in [6.07, 6.45) is -0.527. The van der Waals surface area contributed by atoms with Crippen molar-refractivity contribution >= 4 is 32.7 Å². The predicted octanol–water partition coefficient (Wildman–Crippen LogP) is 5.55. The van der Waals surface area contributed by atoms with Crippen molar-refractivity contribution < 1.29 is 21.6 Å². The highest BCUT2D eigenvalue weighted by atomic mass is 32.2. The smallest absolute Gasteiger partial charge is 0.242 e. The molecule has 2 atom stereocenters. The standard InChI is InChI=1S/C29H31F3N6O2S/c1-17(2)22-12-25(19-8-9-24(23(30)11-19)38-41(39,40)16-18-6-4-3-5-7-18)36-26-15-34-29(37-27(22)26)35-21-10-20(28(31)32)13-33-14-21/h3-9,11-12,15,17,20-21,28,33,38H,10,13-14,16H2,1-2H3,(H,34,35,37)/t20-,21-/m0/s1. The molecule has 2 aromatic heterocycles. The molecule has 1 aliphatic heterocycles. The molecule has 0 radical (unpaired) electrons. The minimum atomic E-state index is -3.83. The maximum absolute atomic E-state index is 15.1. The largest absolute Gasteiger partial charge is 0.350 e. The number of pyridine rings is 1. The molecule has 0 saturated carbocycles. The van der Waals surface area contributed by atoms with E-state index in [1.54, 1.807) is 42.6 Å². The topological polar surface area (TPSA) is 109 Å². The maximum Gasteiger partial charge on any atom is 0.242 e. The first kappa shape index (κ1) is 28.7. The molecule has 1 fully saturated rings. The van der Waals surface area contributed by atoms with Gasteiger partial charge in [0.15, 0.2) is 0 Å². The van der Waals surface area contributed by atoms with E-state index in [-0.39, 0.29) is 29.9 Å². The van der Waals surface area contributed by atoms with Crippen molar-refractivity contribution in [1.82, 2.24) is 20.3 Å². The number of alkyl halides is 2. The fraction of sp³-hybridized carbons (Fsp3) is 0.345. The van der Waals surface area contributed by atoms with Gasteiger partial charge in [-0.1, -0.05) is 50.2 Å². The van der Waals surface area contributed by atoms with Crippen LogP contribution < -0.4 is 15.4 Å². The number of piperidine rings is 1. The van der Waals surface area contributed by atoms with E-state index >= 15 is 4.39 Å². The van der Waals surface area contributed by atoms with Gasteiger partial charge >= 0.3 is 0 Å². The summed E-state index contributed by atoms with van der Waals surface area (Å²) >= 11 is 0. The van der Waals surface area contributed by atoms with E-state index in [1.807, 2.05) is 19.9 Å². The van der Waals surface area contributed by atoms with Gasteiger partial charge in [0.05, 0.1) is 28.8 Å². The Balaban J connectivity index is 1.39. The number of rotatable bonds is 9. The molecule has 3 heterocycles. The highest BCUT2D eigenvalue weighted by Crippen LogP contribution is 2.31. The van der Waals surface area contributed by atoms with Gasteiger partial charge in [-0.05, 0) is 41.7 Å². The summed E-state index contributed by atoms with van der Waals surface area (Å²) in [5, 5.41) is 6.20. The van der Waals surface area contributed by atoms with Crippen molar-refractivity contribution in [3.8, 4) is 11.3 Å². The first-order valence-electron chi connectivity index (χ1n) is 13.4. The molecular weight excluding hydrogens is 553 g/mol. The molecule has 0 bridgehead atoms. The second-order valence-corrected chi connectivity index (χ2v) is 12.3. The van der Waals surface area contributed by atoms with Crippen LogP contribution in [0.4, 0.5) is 24.8 Å². The van der Waals surface area contributed by atoms with E-state index in [0.717, 1.165) is 5.56 Å². The number of anilines is 2. The SMILES string of the molecule is CC(C)c1cc(-c2ccc(NS(=O)(=O)Cc3ccccc3)c(F)c2)nc2cnc(N[C@@H]3CNC[C@@H](C(F)F)C3)nc12. The van der Waals surface area contributed by atoms with Crippen LogP contribution in [0.3, 0.4) is 0 Å². The number of nitrogens with zero attached hydrogens (tertiary/aromatic N) is 3. The van der Waals surface area contributed by atoms with Crippen LogP contribution in [0.25, 0.3) is 22.3 Å². The summed E-state index contributed by atoms with van der Waals surface area (Å²) in [7, 11) is -3.83. The van der Waals surface area contributed by atoms with Gasteiger partial charge in [0.2, 0.25) is 22.4 Å². The molecule has 2 aromatic carbocycles. The number of hydrogen-bond acceptors (Lipinski definition) is 7. The minimum absolute atomic E-state index is 0.0375. The van der Waals surface area contributed by atoms with Crippen LogP contribution in [-0.2, 0) is 15.8 Å². The maximum atomic E-state index is 15.1. The average molecular weight is 585 g/mol. The Morgan fingerprint density at radius 3 is 2.54 bits per heavy atom. The lowest BCUT2D eigenvalue weighted by Gasteiger charge is -2.30. The third kappa shape index (κ3) is 6.94. The summed E-state index contributed by atoms with van der Waals surface area (Å²) < 4.78 is 69.0. The van der Waals surface area contributed by atoms with Gasteiger partial charge < -0.3 is 10.6 Å². The fourth-order valence-corrected chi connectivity index (χ4v) is 6.12. The quantitative estimate of drug-likeness (QED) is 0.237. The van der Waals surface area contributed by atoms with Gasteiger partial charge in [-0.15, -0.1) is 0 Å². The van der Waals surface area contributed by atoms with Crippen LogP contribution in [-0.4, -0.2) is 48.9 Å². The number of benzene rings is 2. The summed E-state index contributed by atoms with van der Waals surface area (Å²) in [4.78, 5) is 13.7. The van der Waals surface area contributed by atoms with E-state index < -0.39 is 28.2 Å². The van der Waals surface area contributed by atoms with E-state index in [2.05, 4.69) is 30.3 Å². The molecule has 1 aliphatic rings. The molecule has 41 heavy (non-hydrogen) atoms. The second-order valence-electron chi connectivity index (χ2n) is 10.5. The van der Waals surface area contributed by atoms with Gasteiger partial charge in [0, 0.05) is 30.6 Å². The molecule has 0 unspecified atom stereocenters. The molecule has 216 valence electrons. The third-order valence-electron chi connectivity index (χ3n) is 7.00. The van der Waals surface area contributed by atoms with E-state index in [1.165, 1.54) is 12.1 Å². The number of aromatic nitrogens is 3. The van der Waals surface area contributed by atoms with Crippen molar-refractivity contribution in [3.05, 3.63) is 77.7 Å². The predicted molar refractivity (Wildman–Crippen MR) is 154 cm³/mol.